The Labute approximate surface area is 649 Å². The van der Waals surface area contributed by atoms with Crippen LogP contribution in [-0.4, -0.2) is 38.3 Å². The van der Waals surface area contributed by atoms with Gasteiger partial charge in [-0.2, -0.15) is 0 Å². The molecule has 1 aliphatic heterocycles. The van der Waals surface area contributed by atoms with Crippen molar-refractivity contribution in [2.75, 3.05) is 0 Å². The standard InChI is InChI=1S/C48H30N2.C33H20ClN.C21H22BNO2.H3N/c1-3-12-34-26-38(23-21-31(34)10-1)43-29-45-44(37-16-7-15-36(28-37)40-20-8-14-33-17-9-25-49-47(33)40)30-46(50-48(45)42-19-6-5-18-41(42)43)39-24-22-32-11-2-4-13-35(32)27-39;34-31-20-32(26-16-14-22-8-2-4-10-24(22)18-26)35-33-28-12-6-5-11-27(28)29(19-30(31)33)25-15-13-21-7-1-3-9-23(21)17-25;1-20(2)21(3,4)25-22(24-20)17-11-5-9-16(14-17)18-12-6-8-15-10-7-13-23-19(15)18;/h1-30H;1-20H;5-14H,1-4H3;1H3. The molecule has 1 fully saturated rings. The van der Waals surface area contributed by atoms with Gasteiger partial charge in [0.2, 0.25) is 0 Å². The highest BCUT2D eigenvalue weighted by atomic mass is 35.5. The number of hydrogen-bond donors (Lipinski definition) is 1. The van der Waals surface area contributed by atoms with Crippen molar-refractivity contribution in [2.24, 2.45) is 0 Å². The lowest BCUT2D eigenvalue weighted by Gasteiger charge is -2.32. The summed E-state index contributed by atoms with van der Waals surface area (Å²) in [5.41, 5.74) is 19.9. The Balaban J connectivity index is 0.000000123. The molecule has 5 heterocycles. The molecule has 530 valence electrons. The second-order valence-electron chi connectivity index (χ2n) is 29.6. The van der Waals surface area contributed by atoms with Gasteiger partial charge in [-0.15, -0.1) is 0 Å². The van der Waals surface area contributed by atoms with E-state index in [4.69, 9.17) is 35.9 Å². The zero-order valence-corrected chi connectivity index (χ0v) is 62.7. The highest BCUT2D eigenvalue weighted by Crippen LogP contribution is 2.45. The van der Waals surface area contributed by atoms with Gasteiger partial charge in [-0.25, -0.2) is 9.97 Å². The van der Waals surface area contributed by atoms with E-state index in [0.29, 0.717) is 5.02 Å². The molecule has 1 saturated heterocycles. The maximum atomic E-state index is 6.95. The average Bonchev–Trinajstić information content (AvgIpc) is 1.34. The maximum absolute atomic E-state index is 6.95. The van der Waals surface area contributed by atoms with Gasteiger partial charge in [0.25, 0.3) is 0 Å². The van der Waals surface area contributed by atoms with Crippen LogP contribution in [0.25, 0.3) is 186 Å². The molecule has 20 aromatic rings. The summed E-state index contributed by atoms with van der Waals surface area (Å²) in [5, 5.41) is 19.5. The second kappa shape index (κ2) is 28.8. The third-order valence-electron chi connectivity index (χ3n) is 22.3. The van der Waals surface area contributed by atoms with Crippen LogP contribution in [0.5, 0.6) is 0 Å². The van der Waals surface area contributed by atoms with Crippen LogP contribution in [0.2, 0.25) is 5.02 Å². The molecule has 0 aliphatic carbocycles. The number of benzene rings is 16. The summed E-state index contributed by atoms with van der Waals surface area (Å²) in [6, 6.07) is 125. The smallest absolute Gasteiger partial charge is 0.399 e. The molecule has 4 aromatic heterocycles. The molecule has 0 amide bonds. The van der Waals surface area contributed by atoms with Gasteiger partial charge in [-0.05, 0) is 198 Å². The molecule has 111 heavy (non-hydrogen) atoms. The van der Waals surface area contributed by atoms with E-state index in [-0.39, 0.29) is 24.5 Å². The first-order valence-corrected chi connectivity index (χ1v) is 37.9. The molecular formula is C102H75BClN5O2. The lowest BCUT2D eigenvalue weighted by atomic mass is 9.78. The van der Waals surface area contributed by atoms with Crippen LogP contribution in [0.3, 0.4) is 0 Å². The Kier molecular flexibility index (Phi) is 18.1. The minimum atomic E-state index is -0.354. The number of hydrogen-bond acceptors (Lipinski definition) is 7. The summed E-state index contributed by atoms with van der Waals surface area (Å²) in [7, 11) is -0.354. The van der Waals surface area contributed by atoms with Crippen LogP contribution in [0.15, 0.2) is 364 Å². The van der Waals surface area contributed by atoms with Crippen molar-refractivity contribution < 1.29 is 9.31 Å². The predicted molar refractivity (Wildman–Crippen MR) is 469 cm³/mol. The number of fused-ring (bicyclic) bond motifs is 12. The van der Waals surface area contributed by atoms with E-state index in [1.807, 2.05) is 30.6 Å². The van der Waals surface area contributed by atoms with Gasteiger partial charge in [0.05, 0.1) is 49.7 Å². The Morgan fingerprint density at radius 2 is 0.595 bits per heavy atom. The Morgan fingerprint density at radius 1 is 0.252 bits per heavy atom. The Hall–Kier alpha value is -13.0. The van der Waals surface area contributed by atoms with Crippen molar-refractivity contribution in [3.63, 3.8) is 0 Å². The van der Waals surface area contributed by atoms with Crippen molar-refractivity contribution in [1.82, 2.24) is 26.1 Å². The second-order valence-corrected chi connectivity index (χ2v) is 30.0. The largest absolute Gasteiger partial charge is 0.494 e. The highest BCUT2D eigenvalue weighted by molar-refractivity contribution is 6.62. The van der Waals surface area contributed by atoms with Crippen molar-refractivity contribution in [3.05, 3.63) is 369 Å². The van der Waals surface area contributed by atoms with E-state index in [1.165, 1.54) is 76.1 Å². The van der Waals surface area contributed by atoms with Crippen molar-refractivity contribution >= 4 is 132 Å². The molecule has 0 saturated carbocycles. The van der Waals surface area contributed by atoms with Crippen molar-refractivity contribution in [2.45, 2.75) is 38.9 Å². The first kappa shape index (κ1) is 69.7. The highest BCUT2D eigenvalue weighted by Gasteiger charge is 2.51. The molecule has 16 aromatic carbocycles. The Bertz CT molecular complexity index is 7030. The first-order chi connectivity index (χ1) is 53.9. The molecule has 3 N–H and O–H groups in total. The summed E-state index contributed by atoms with van der Waals surface area (Å²) in [4.78, 5) is 20.0. The number of rotatable bonds is 8. The summed E-state index contributed by atoms with van der Waals surface area (Å²) in [5.74, 6) is 0. The molecule has 0 spiro atoms. The van der Waals surface area contributed by atoms with E-state index in [0.717, 1.165) is 116 Å². The van der Waals surface area contributed by atoms with Crippen LogP contribution < -0.4 is 11.6 Å². The molecule has 7 nitrogen and oxygen atoms in total. The topological polar surface area (TPSA) is 105 Å². The summed E-state index contributed by atoms with van der Waals surface area (Å²) in [6.45, 7) is 8.30. The molecular weight excluding hydrogens is 1370 g/mol. The number of para-hydroxylation sites is 2. The third-order valence-corrected chi connectivity index (χ3v) is 22.6. The minimum Gasteiger partial charge on any atom is -0.399 e. The SMILES string of the molecule is CC1(C)OB(c2cccc(-c3cccc4cccnc34)c2)OC1(C)C.Clc1cc(-c2ccc3ccccc3c2)nc2c1cc(-c1ccc3ccccc3c1)c1ccccc12.N.c1cc(-c2cc(-c3ccc4ccccc4c3)nc3c2cc(-c2ccc4ccccc4c2)c2ccccc23)cc(-c2cccc3cccnc23)c1. The molecule has 0 radical (unpaired) electrons. The van der Waals surface area contributed by atoms with E-state index in [9.17, 15) is 0 Å². The zero-order chi connectivity index (χ0) is 74.0. The van der Waals surface area contributed by atoms with Crippen LogP contribution in [0, 0.1) is 0 Å². The summed E-state index contributed by atoms with van der Waals surface area (Å²) >= 11 is 6.95. The van der Waals surface area contributed by atoms with Crippen LogP contribution >= 0.6 is 11.6 Å². The van der Waals surface area contributed by atoms with E-state index in [1.54, 1.807) is 0 Å². The van der Waals surface area contributed by atoms with Gasteiger partial charge < -0.3 is 15.5 Å². The number of pyridine rings is 4. The summed E-state index contributed by atoms with van der Waals surface area (Å²) in [6.07, 6.45) is 3.71. The van der Waals surface area contributed by atoms with Gasteiger partial charge in [0.15, 0.2) is 0 Å². The Morgan fingerprint density at radius 3 is 1.08 bits per heavy atom. The minimum absolute atomic E-state index is 0. The van der Waals surface area contributed by atoms with Crippen LogP contribution in [-0.2, 0) is 9.31 Å². The lowest BCUT2D eigenvalue weighted by Crippen LogP contribution is -2.41. The fourth-order valence-electron chi connectivity index (χ4n) is 15.8. The van der Waals surface area contributed by atoms with Gasteiger partial charge >= 0.3 is 7.12 Å². The van der Waals surface area contributed by atoms with E-state index >= 15 is 0 Å². The number of halogens is 1. The lowest BCUT2D eigenvalue weighted by molar-refractivity contribution is 0.00578. The maximum Gasteiger partial charge on any atom is 0.494 e. The molecule has 0 unspecified atom stereocenters. The monoisotopic (exact) mass is 1450 g/mol. The molecule has 0 atom stereocenters. The van der Waals surface area contributed by atoms with Gasteiger partial charge in [-0.1, -0.05) is 297 Å². The molecule has 1 aliphatic rings. The first-order valence-electron chi connectivity index (χ1n) is 37.5. The van der Waals surface area contributed by atoms with Crippen LogP contribution in [0.4, 0.5) is 0 Å². The third kappa shape index (κ3) is 13.1. The quantitative estimate of drug-likeness (QED) is 0.119. The number of nitrogens with zero attached hydrogens (tertiary/aromatic N) is 4. The fraction of sp³-hybridized carbons (Fsp3) is 0.0588. The van der Waals surface area contributed by atoms with Crippen molar-refractivity contribution in [1.29, 1.82) is 0 Å². The predicted octanol–water partition coefficient (Wildman–Crippen LogP) is 27.0. The van der Waals surface area contributed by atoms with Crippen LogP contribution in [0.1, 0.15) is 27.7 Å². The zero-order valence-electron chi connectivity index (χ0n) is 61.9. The van der Waals surface area contributed by atoms with Gasteiger partial charge in [-0.3, -0.25) is 9.97 Å². The molecule has 0 bridgehead atoms. The fourth-order valence-corrected chi connectivity index (χ4v) is 16.1. The summed E-state index contributed by atoms with van der Waals surface area (Å²) < 4.78 is 12.4. The number of aromatic nitrogens is 4. The van der Waals surface area contributed by atoms with Gasteiger partial charge in [0, 0.05) is 67.0 Å². The normalized spacial score (nSPS) is 13.1. The molecule has 9 heteroatoms. The molecule has 21 rings (SSSR count). The van der Waals surface area contributed by atoms with E-state index < -0.39 is 0 Å². The average molecular weight is 1450 g/mol. The van der Waals surface area contributed by atoms with E-state index in [2.05, 4.69) is 366 Å². The van der Waals surface area contributed by atoms with Gasteiger partial charge in [0.1, 0.15) is 0 Å². The van der Waals surface area contributed by atoms with Crippen molar-refractivity contribution in [3.8, 4) is 78.1 Å².